The topological polar surface area (TPSA) is 106 Å². The zero-order valence-corrected chi connectivity index (χ0v) is 18.5. The van der Waals surface area contributed by atoms with Crippen molar-refractivity contribution in [2.24, 2.45) is 0 Å². The van der Waals surface area contributed by atoms with E-state index in [0.717, 1.165) is 24.0 Å². The lowest BCUT2D eigenvalue weighted by Crippen LogP contribution is -2.36. The molecule has 4 rings (SSSR count). The summed E-state index contributed by atoms with van der Waals surface area (Å²) in [6.45, 7) is 8.07. The second kappa shape index (κ2) is 8.32. The van der Waals surface area contributed by atoms with E-state index in [1.54, 1.807) is 19.9 Å². The Morgan fingerprint density at radius 3 is 2.81 bits per heavy atom. The summed E-state index contributed by atoms with van der Waals surface area (Å²) < 4.78 is 11.3. The van der Waals surface area contributed by atoms with Gasteiger partial charge in [0, 0.05) is 23.7 Å². The Hall–Kier alpha value is -2.90. The van der Waals surface area contributed by atoms with Crippen molar-refractivity contribution in [3.05, 3.63) is 47.5 Å². The molecule has 1 aromatic heterocycles. The van der Waals surface area contributed by atoms with Crippen LogP contribution in [0.15, 0.2) is 40.9 Å². The van der Waals surface area contributed by atoms with Gasteiger partial charge in [0.05, 0.1) is 17.4 Å². The number of nitrogens with one attached hydrogen (secondary N) is 1. The maximum Gasteiger partial charge on any atom is 0.258 e. The molecule has 164 valence electrons. The van der Waals surface area contributed by atoms with E-state index in [4.69, 9.17) is 15.0 Å². The molecule has 7 nitrogen and oxygen atoms in total. The number of nitrogen functional groups attached to an aromatic ring is 1. The molecule has 0 bridgehead atoms. The van der Waals surface area contributed by atoms with Crippen LogP contribution in [-0.2, 0) is 6.42 Å². The molecule has 1 heterocycles. The third kappa shape index (κ3) is 4.73. The number of hydrogen-bond acceptors (Lipinski definition) is 7. The predicted octanol–water partition coefficient (Wildman–Crippen LogP) is 4.12. The van der Waals surface area contributed by atoms with E-state index in [2.05, 4.69) is 21.5 Å². The number of nitrogens with zero attached hydrogens (tertiary/aromatic N) is 2. The molecule has 0 unspecified atom stereocenters. The molecular weight excluding hydrogens is 392 g/mol. The van der Waals surface area contributed by atoms with Gasteiger partial charge in [-0.2, -0.15) is 4.98 Å². The molecule has 1 atom stereocenters. The predicted molar refractivity (Wildman–Crippen MR) is 121 cm³/mol. The summed E-state index contributed by atoms with van der Waals surface area (Å²) in [6, 6.07) is 11.9. The van der Waals surface area contributed by atoms with E-state index in [1.807, 2.05) is 38.1 Å². The molecule has 0 aliphatic heterocycles. The highest BCUT2D eigenvalue weighted by molar-refractivity contribution is 5.69. The fourth-order valence-electron chi connectivity index (χ4n) is 3.94. The Bertz CT molecular complexity index is 1070. The van der Waals surface area contributed by atoms with Gasteiger partial charge in [-0.05, 0) is 69.9 Å². The maximum atomic E-state index is 10.0. The molecule has 0 saturated heterocycles. The van der Waals surface area contributed by atoms with Crippen LogP contribution in [-0.4, -0.2) is 33.5 Å². The van der Waals surface area contributed by atoms with Crippen molar-refractivity contribution in [1.82, 2.24) is 15.5 Å². The molecular formula is C24H30N4O3. The molecule has 3 aromatic rings. The molecule has 0 amide bonds. The van der Waals surface area contributed by atoms with E-state index in [-0.39, 0.29) is 12.1 Å². The zero-order valence-electron chi connectivity index (χ0n) is 18.5. The third-order valence-electron chi connectivity index (χ3n) is 5.34. The number of anilines is 1. The summed E-state index contributed by atoms with van der Waals surface area (Å²) in [5, 5.41) is 17.7. The molecule has 0 spiro atoms. The van der Waals surface area contributed by atoms with Crippen LogP contribution in [0.25, 0.3) is 22.8 Å². The van der Waals surface area contributed by atoms with Gasteiger partial charge in [0.25, 0.3) is 5.89 Å². The number of nitrogens with two attached hydrogens (primary N) is 1. The van der Waals surface area contributed by atoms with E-state index < -0.39 is 5.60 Å². The molecule has 4 N–H and O–H groups in total. The van der Waals surface area contributed by atoms with Crippen LogP contribution in [0, 0.1) is 0 Å². The van der Waals surface area contributed by atoms with Crippen molar-refractivity contribution in [2.75, 3.05) is 12.3 Å². The van der Waals surface area contributed by atoms with Crippen molar-refractivity contribution >= 4 is 5.69 Å². The van der Waals surface area contributed by atoms with Gasteiger partial charge in [-0.25, -0.2) is 0 Å². The quantitative estimate of drug-likeness (QED) is 0.492. The highest BCUT2D eigenvalue weighted by Gasteiger charge is 2.27. The van der Waals surface area contributed by atoms with Crippen molar-refractivity contribution in [3.8, 4) is 28.6 Å². The molecule has 1 aliphatic rings. The van der Waals surface area contributed by atoms with Gasteiger partial charge in [0.2, 0.25) is 5.82 Å². The normalized spacial score (nSPS) is 16.0. The van der Waals surface area contributed by atoms with Gasteiger partial charge in [0.15, 0.2) is 0 Å². The Kier molecular flexibility index (Phi) is 5.73. The van der Waals surface area contributed by atoms with Crippen LogP contribution in [0.2, 0.25) is 0 Å². The maximum absolute atomic E-state index is 10.0. The number of ether oxygens (including phenoxy) is 1. The second-order valence-corrected chi connectivity index (χ2v) is 9.00. The molecule has 0 saturated carbocycles. The molecule has 7 heteroatoms. The minimum atomic E-state index is -0.749. The molecule has 0 fully saturated rings. The Balaban J connectivity index is 1.58. The molecule has 2 aromatic carbocycles. The summed E-state index contributed by atoms with van der Waals surface area (Å²) in [6.07, 6.45) is 1.94. The van der Waals surface area contributed by atoms with Crippen molar-refractivity contribution in [1.29, 1.82) is 0 Å². The van der Waals surface area contributed by atoms with E-state index >= 15 is 0 Å². The number of aliphatic hydroxyl groups is 1. The standard InChI is InChI=1S/C24H30N4O3/c1-14(2)30-21-11-8-15(12-19(21)25)23-27-22(28-31-23)18-7-5-6-17-16(18)9-10-20(17)26-13-24(3,4)29/h5-8,11-12,14,20,26,29H,9-10,13,25H2,1-4H3/t20-/m0/s1. The molecule has 1 aliphatic carbocycles. The Morgan fingerprint density at radius 1 is 1.29 bits per heavy atom. The van der Waals surface area contributed by atoms with Gasteiger partial charge in [-0.15, -0.1) is 0 Å². The number of benzene rings is 2. The average Bonchev–Trinajstić information content (AvgIpc) is 3.34. The minimum Gasteiger partial charge on any atom is -0.489 e. The smallest absolute Gasteiger partial charge is 0.258 e. The number of hydrogen-bond donors (Lipinski definition) is 3. The van der Waals surface area contributed by atoms with Gasteiger partial charge in [-0.3, -0.25) is 0 Å². The third-order valence-corrected chi connectivity index (χ3v) is 5.34. The van der Waals surface area contributed by atoms with E-state index in [9.17, 15) is 5.11 Å². The summed E-state index contributed by atoms with van der Waals surface area (Å²) in [5.41, 5.74) is 10.1. The van der Waals surface area contributed by atoms with E-state index in [0.29, 0.717) is 29.7 Å². The first kappa shape index (κ1) is 21.3. The Morgan fingerprint density at radius 2 is 2.10 bits per heavy atom. The minimum absolute atomic E-state index is 0.0464. The number of fused-ring (bicyclic) bond motifs is 1. The van der Waals surface area contributed by atoms with Gasteiger partial charge in [0.1, 0.15) is 5.75 Å². The lowest BCUT2D eigenvalue weighted by Gasteiger charge is -2.22. The largest absolute Gasteiger partial charge is 0.489 e. The first-order valence-corrected chi connectivity index (χ1v) is 10.7. The summed E-state index contributed by atoms with van der Waals surface area (Å²) in [5.74, 6) is 1.63. The van der Waals surface area contributed by atoms with Crippen molar-refractivity contribution in [2.45, 2.75) is 58.3 Å². The van der Waals surface area contributed by atoms with Gasteiger partial charge < -0.3 is 25.4 Å². The first-order chi connectivity index (χ1) is 14.7. The molecule has 0 radical (unpaired) electrons. The SMILES string of the molecule is CC(C)Oc1ccc(-c2nc(-c3cccc4c3CC[C@@H]4NCC(C)(C)O)no2)cc1N. The summed E-state index contributed by atoms with van der Waals surface area (Å²) >= 11 is 0. The second-order valence-electron chi connectivity index (χ2n) is 9.00. The Labute approximate surface area is 182 Å². The highest BCUT2D eigenvalue weighted by Crippen LogP contribution is 2.38. The van der Waals surface area contributed by atoms with Crippen LogP contribution in [0.5, 0.6) is 5.75 Å². The van der Waals surface area contributed by atoms with Gasteiger partial charge >= 0.3 is 0 Å². The lowest BCUT2D eigenvalue weighted by molar-refractivity contribution is 0.0764. The van der Waals surface area contributed by atoms with E-state index in [1.165, 1.54) is 11.1 Å². The summed E-state index contributed by atoms with van der Waals surface area (Å²) in [4.78, 5) is 4.64. The first-order valence-electron chi connectivity index (χ1n) is 10.7. The fraction of sp³-hybridized carbons (Fsp3) is 0.417. The van der Waals surface area contributed by atoms with Crippen LogP contribution in [0.3, 0.4) is 0 Å². The zero-order chi connectivity index (χ0) is 22.2. The highest BCUT2D eigenvalue weighted by atomic mass is 16.5. The molecule has 31 heavy (non-hydrogen) atoms. The fourth-order valence-corrected chi connectivity index (χ4v) is 3.94. The number of rotatable bonds is 7. The van der Waals surface area contributed by atoms with Crippen LogP contribution >= 0.6 is 0 Å². The number of aromatic nitrogens is 2. The lowest BCUT2D eigenvalue weighted by atomic mass is 10.0. The van der Waals surface area contributed by atoms with Crippen LogP contribution in [0.4, 0.5) is 5.69 Å². The average molecular weight is 423 g/mol. The van der Waals surface area contributed by atoms with Crippen molar-refractivity contribution in [3.63, 3.8) is 0 Å². The summed E-state index contributed by atoms with van der Waals surface area (Å²) in [7, 11) is 0. The van der Waals surface area contributed by atoms with Gasteiger partial charge in [-0.1, -0.05) is 23.4 Å². The van der Waals surface area contributed by atoms with Crippen LogP contribution in [0.1, 0.15) is 51.3 Å². The monoisotopic (exact) mass is 422 g/mol. The van der Waals surface area contributed by atoms with Crippen LogP contribution < -0.4 is 15.8 Å². The van der Waals surface area contributed by atoms with Crippen molar-refractivity contribution < 1.29 is 14.4 Å².